The van der Waals surface area contributed by atoms with Gasteiger partial charge in [0, 0.05) is 37.3 Å². The summed E-state index contributed by atoms with van der Waals surface area (Å²) in [5.74, 6) is 2.46. The molecule has 0 radical (unpaired) electrons. The lowest BCUT2D eigenvalue weighted by atomic mass is 10.2. The summed E-state index contributed by atoms with van der Waals surface area (Å²) in [5.41, 5.74) is 1.08. The number of aryl methyl sites for hydroxylation is 1. The van der Waals surface area contributed by atoms with Crippen molar-refractivity contribution in [2.45, 2.75) is 46.5 Å². The van der Waals surface area contributed by atoms with Crippen LogP contribution in [0.4, 0.5) is 5.82 Å². The van der Waals surface area contributed by atoms with Gasteiger partial charge in [-0.1, -0.05) is 20.8 Å². The molecule has 1 aromatic heterocycles. The van der Waals surface area contributed by atoms with Gasteiger partial charge in [0.05, 0.1) is 0 Å². The van der Waals surface area contributed by atoms with Crippen molar-refractivity contribution >= 4 is 5.82 Å². The molecule has 0 aliphatic carbocycles. The van der Waals surface area contributed by atoms with E-state index < -0.39 is 0 Å². The van der Waals surface area contributed by atoms with Crippen molar-refractivity contribution in [1.82, 2.24) is 14.9 Å². The molecule has 20 heavy (non-hydrogen) atoms. The summed E-state index contributed by atoms with van der Waals surface area (Å²) in [4.78, 5) is 14.3. The topological polar surface area (TPSA) is 32.3 Å². The lowest BCUT2D eigenvalue weighted by molar-refractivity contribution is 0.294. The van der Waals surface area contributed by atoms with Crippen molar-refractivity contribution in [3.8, 4) is 0 Å². The van der Waals surface area contributed by atoms with Crippen LogP contribution in [-0.4, -0.2) is 47.6 Å². The minimum absolute atomic E-state index is 0.386. The van der Waals surface area contributed by atoms with Crippen LogP contribution in [-0.2, 0) is 0 Å². The average molecular weight is 276 g/mol. The Morgan fingerprint density at radius 2 is 1.95 bits per heavy atom. The number of hydrogen-bond acceptors (Lipinski definition) is 4. The zero-order valence-electron chi connectivity index (χ0n) is 13.4. The van der Waals surface area contributed by atoms with Crippen molar-refractivity contribution in [3.05, 3.63) is 17.6 Å². The van der Waals surface area contributed by atoms with Crippen LogP contribution in [0.1, 0.15) is 51.0 Å². The Labute approximate surface area is 123 Å². The third-order valence-electron chi connectivity index (χ3n) is 3.83. The zero-order valence-corrected chi connectivity index (χ0v) is 13.4. The molecule has 1 saturated heterocycles. The maximum absolute atomic E-state index is 4.77. The number of aromatic nitrogens is 2. The molecule has 2 rings (SSSR count). The van der Waals surface area contributed by atoms with E-state index in [1.54, 1.807) is 0 Å². The molecule has 0 N–H and O–H groups in total. The van der Waals surface area contributed by atoms with Gasteiger partial charge < -0.3 is 9.80 Å². The van der Waals surface area contributed by atoms with E-state index in [0.717, 1.165) is 37.0 Å². The van der Waals surface area contributed by atoms with E-state index in [9.17, 15) is 0 Å². The second kappa shape index (κ2) is 7.02. The molecule has 0 bridgehead atoms. The smallest absolute Gasteiger partial charge is 0.133 e. The Bertz CT molecular complexity index is 430. The van der Waals surface area contributed by atoms with Gasteiger partial charge in [-0.05, 0) is 32.9 Å². The highest BCUT2D eigenvalue weighted by Gasteiger charge is 2.17. The first-order chi connectivity index (χ1) is 9.60. The molecule has 0 amide bonds. The Hall–Kier alpha value is -1.16. The van der Waals surface area contributed by atoms with Crippen LogP contribution in [0.15, 0.2) is 6.07 Å². The van der Waals surface area contributed by atoms with Gasteiger partial charge in [-0.3, -0.25) is 0 Å². The fraction of sp³-hybridized carbons (Fsp3) is 0.750. The molecule has 1 aliphatic heterocycles. The third kappa shape index (κ3) is 3.92. The first-order valence-electron chi connectivity index (χ1n) is 7.93. The summed E-state index contributed by atoms with van der Waals surface area (Å²) in [5, 5.41) is 0. The maximum Gasteiger partial charge on any atom is 0.133 e. The molecule has 1 aliphatic rings. The second-order valence-electron chi connectivity index (χ2n) is 6.06. The quantitative estimate of drug-likeness (QED) is 0.846. The molecule has 0 spiro atoms. The minimum atomic E-state index is 0.386. The molecule has 0 aromatic carbocycles. The van der Waals surface area contributed by atoms with Gasteiger partial charge in [0.15, 0.2) is 0 Å². The lowest BCUT2D eigenvalue weighted by Crippen LogP contribution is -2.31. The van der Waals surface area contributed by atoms with E-state index in [-0.39, 0.29) is 0 Å². The normalized spacial score (nSPS) is 17.6. The van der Waals surface area contributed by atoms with Gasteiger partial charge in [0.2, 0.25) is 0 Å². The van der Waals surface area contributed by atoms with E-state index in [1.165, 1.54) is 25.9 Å². The monoisotopic (exact) mass is 276 g/mol. The highest BCUT2D eigenvalue weighted by atomic mass is 15.2. The van der Waals surface area contributed by atoms with E-state index in [2.05, 4.69) is 48.5 Å². The van der Waals surface area contributed by atoms with Gasteiger partial charge in [-0.25, -0.2) is 9.97 Å². The fourth-order valence-electron chi connectivity index (χ4n) is 2.73. The molecule has 2 heterocycles. The lowest BCUT2D eigenvalue weighted by Gasteiger charge is -2.23. The average Bonchev–Trinajstić information content (AvgIpc) is 2.64. The molecular formula is C16H28N4. The van der Waals surface area contributed by atoms with E-state index in [0.29, 0.717) is 5.92 Å². The van der Waals surface area contributed by atoms with Gasteiger partial charge in [0.1, 0.15) is 11.6 Å². The van der Waals surface area contributed by atoms with Crippen LogP contribution in [0.2, 0.25) is 0 Å². The molecule has 4 heteroatoms. The molecular weight excluding hydrogens is 248 g/mol. The van der Waals surface area contributed by atoms with Crippen molar-refractivity contribution in [2.24, 2.45) is 0 Å². The summed E-state index contributed by atoms with van der Waals surface area (Å²) >= 11 is 0. The van der Waals surface area contributed by atoms with Crippen LogP contribution in [0.25, 0.3) is 0 Å². The van der Waals surface area contributed by atoms with Crippen LogP contribution in [0.5, 0.6) is 0 Å². The Kier molecular flexibility index (Phi) is 5.35. The first kappa shape index (κ1) is 15.2. The van der Waals surface area contributed by atoms with Crippen LogP contribution in [0, 0.1) is 6.92 Å². The summed E-state index contributed by atoms with van der Waals surface area (Å²) in [6, 6.07) is 2.13. The van der Waals surface area contributed by atoms with Gasteiger partial charge in [-0.2, -0.15) is 0 Å². The number of anilines is 1. The van der Waals surface area contributed by atoms with Crippen LogP contribution >= 0.6 is 0 Å². The predicted octanol–water partition coefficient (Wildman–Crippen LogP) is 2.83. The van der Waals surface area contributed by atoms with Gasteiger partial charge >= 0.3 is 0 Å². The first-order valence-corrected chi connectivity index (χ1v) is 7.93. The maximum atomic E-state index is 4.77. The van der Waals surface area contributed by atoms with Crippen molar-refractivity contribution in [3.63, 3.8) is 0 Å². The number of rotatable bonds is 4. The Balaban J connectivity index is 2.11. The highest BCUT2D eigenvalue weighted by Crippen LogP contribution is 2.18. The standard InChI is InChI=1S/C16H28N4/c1-5-7-19-8-6-9-20(11-10-19)15-12-14(4)17-16(18-15)13(2)3/h12-13H,5-11H2,1-4H3. The summed E-state index contributed by atoms with van der Waals surface area (Å²) in [6.07, 6.45) is 2.46. The van der Waals surface area contributed by atoms with Crippen molar-refractivity contribution in [1.29, 1.82) is 0 Å². The summed E-state index contributed by atoms with van der Waals surface area (Å²) in [6.45, 7) is 14.4. The highest BCUT2D eigenvalue weighted by molar-refractivity contribution is 5.40. The largest absolute Gasteiger partial charge is 0.355 e. The predicted molar refractivity (Wildman–Crippen MR) is 84.4 cm³/mol. The van der Waals surface area contributed by atoms with Crippen LogP contribution in [0.3, 0.4) is 0 Å². The fourth-order valence-corrected chi connectivity index (χ4v) is 2.73. The molecule has 0 unspecified atom stereocenters. The molecule has 112 valence electrons. The minimum Gasteiger partial charge on any atom is -0.355 e. The van der Waals surface area contributed by atoms with E-state index in [4.69, 9.17) is 4.98 Å². The molecule has 0 atom stereocenters. The number of nitrogens with zero attached hydrogens (tertiary/aromatic N) is 4. The van der Waals surface area contributed by atoms with Gasteiger partial charge in [0.25, 0.3) is 0 Å². The number of hydrogen-bond donors (Lipinski definition) is 0. The zero-order chi connectivity index (χ0) is 14.5. The summed E-state index contributed by atoms with van der Waals surface area (Å²) < 4.78 is 0. The summed E-state index contributed by atoms with van der Waals surface area (Å²) in [7, 11) is 0. The molecule has 1 fully saturated rings. The SMILES string of the molecule is CCCN1CCCN(c2cc(C)nc(C(C)C)n2)CC1. The molecule has 0 saturated carbocycles. The van der Waals surface area contributed by atoms with Crippen molar-refractivity contribution < 1.29 is 0 Å². The van der Waals surface area contributed by atoms with Crippen molar-refractivity contribution in [2.75, 3.05) is 37.6 Å². The second-order valence-corrected chi connectivity index (χ2v) is 6.06. The molecule has 4 nitrogen and oxygen atoms in total. The molecule has 1 aromatic rings. The van der Waals surface area contributed by atoms with E-state index in [1.807, 2.05) is 0 Å². The Morgan fingerprint density at radius 1 is 1.15 bits per heavy atom. The van der Waals surface area contributed by atoms with E-state index >= 15 is 0 Å². The van der Waals surface area contributed by atoms with Crippen LogP contribution < -0.4 is 4.90 Å². The van der Waals surface area contributed by atoms with Gasteiger partial charge in [-0.15, -0.1) is 0 Å². The third-order valence-corrected chi connectivity index (χ3v) is 3.83. The Morgan fingerprint density at radius 3 is 2.65 bits per heavy atom.